The number of carbonyl (C=O) groups is 2. The fourth-order valence-electron chi connectivity index (χ4n) is 3.55. The number of hydrogen-bond donors (Lipinski definition) is 3. The number of carbonyl (C=O) groups excluding carboxylic acids is 2. The molecule has 3 N–H and O–H groups in total. The van der Waals surface area contributed by atoms with Crippen molar-refractivity contribution in [1.82, 2.24) is 20.6 Å². The smallest absolute Gasteiger partial charge is 0.328 e. The largest absolute Gasteiger partial charge is 0.467 e. The number of nitrogens with zero attached hydrogens (tertiary/aromatic N) is 2. The Morgan fingerprint density at radius 1 is 1.17 bits per heavy atom. The van der Waals surface area contributed by atoms with Crippen LogP contribution in [0.3, 0.4) is 0 Å². The molecule has 156 valence electrons. The van der Waals surface area contributed by atoms with E-state index in [2.05, 4.69) is 25.9 Å². The summed E-state index contributed by atoms with van der Waals surface area (Å²) in [6.07, 6.45) is 4.37. The van der Waals surface area contributed by atoms with Gasteiger partial charge in [-0.15, -0.1) is 0 Å². The molecule has 0 radical (unpaired) electrons. The molecule has 2 aromatic rings. The van der Waals surface area contributed by atoms with Crippen molar-refractivity contribution >= 4 is 28.7 Å². The van der Waals surface area contributed by atoms with E-state index in [0.717, 1.165) is 36.6 Å². The third-order valence-electron chi connectivity index (χ3n) is 5.16. The van der Waals surface area contributed by atoms with Crippen LogP contribution in [-0.2, 0) is 16.1 Å². The number of ether oxygens (including phenoxy) is 1. The summed E-state index contributed by atoms with van der Waals surface area (Å²) in [4.78, 5) is 33.4. The lowest BCUT2D eigenvalue weighted by Crippen LogP contribution is -2.40. The molecule has 1 aromatic carbocycles. The second-order valence-electron chi connectivity index (χ2n) is 7.70. The molecule has 1 aromatic heterocycles. The number of hydrogen-bond acceptors (Lipinski definition) is 6. The van der Waals surface area contributed by atoms with E-state index in [-0.39, 0.29) is 30.5 Å². The number of rotatable bonds is 7. The molecule has 29 heavy (non-hydrogen) atoms. The number of amides is 2. The zero-order valence-electron chi connectivity index (χ0n) is 17.2. The minimum Gasteiger partial charge on any atom is -0.467 e. The molecule has 1 aliphatic carbocycles. The van der Waals surface area contributed by atoms with Gasteiger partial charge in [0.25, 0.3) is 0 Å². The summed E-state index contributed by atoms with van der Waals surface area (Å²) < 4.78 is 4.92. The second kappa shape index (κ2) is 9.54. The van der Waals surface area contributed by atoms with Crippen LogP contribution in [0, 0.1) is 5.92 Å². The molecular formula is C21H29N5O3. The van der Waals surface area contributed by atoms with Gasteiger partial charge in [-0.2, -0.15) is 0 Å². The molecule has 8 nitrogen and oxygen atoms in total. The first-order valence-electron chi connectivity index (χ1n) is 10.1. The number of nitrogens with one attached hydrogen (secondary N) is 3. The number of urea groups is 1. The molecule has 1 saturated carbocycles. The van der Waals surface area contributed by atoms with Gasteiger partial charge in [-0.05, 0) is 30.9 Å². The highest BCUT2D eigenvalue weighted by molar-refractivity contribution is 5.91. The molecule has 0 spiro atoms. The summed E-state index contributed by atoms with van der Waals surface area (Å²) >= 11 is 0. The zero-order chi connectivity index (χ0) is 20.8. The van der Waals surface area contributed by atoms with Crippen LogP contribution in [0.1, 0.15) is 45.4 Å². The highest BCUT2D eigenvalue weighted by atomic mass is 16.5. The molecule has 2 amide bonds. The van der Waals surface area contributed by atoms with E-state index in [0.29, 0.717) is 11.6 Å². The van der Waals surface area contributed by atoms with Gasteiger partial charge >= 0.3 is 12.0 Å². The van der Waals surface area contributed by atoms with Gasteiger partial charge in [0, 0.05) is 11.4 Å². The third kappa shape index (κ3) is 5.34. The van der Waals surface area contributed by atoms with E-state index < -0.39 is 6.04 Å². The van der Waals surface area contributed by atoms with Gasteiger partial charge < -0.3 is 20.7 Å². The lowest BCUT2D eigenvalue weighted by atomic mass is 10.0. The number of fused-ring (bicyclic) bond motifs is 1. The first-order valence-corrected chi connectivity index (χ1v) is 10.1. The topological polar surface area (TPSA) is 105 Å². The van der Waals surface area contributed by atoms with Crippen LogP contribution in [0.5, 0.6) is 0 Å². The summed E-state index contributed by atoms with van der Waals surface area (Å²) in [6, 6.07) is 7.07. The van der Waals surface area contributed by atoms with Crippen molar-refractivity contribution in [3.05, 3.63) is 30.1 Å². The number of esters is 1. The highest BCUT2D eigenvalue weighted by Crippen LogP contribution is 2.22. The number of methoxy groups -OCH3 is 1. The Labute approximate surface area is 170 Å². The molecule has 8 heteroatoms. The van der Waals surface area contributed by atoms with Gasteiger partial charge in [-0.25, -0.2) is 19.6 Å². The molecule has 1 heterocycles. The molecule has 1 aliphatic rings. The van der Waals surface area contributed by atoms with E-state index in [9.17, 15) is 9.59 Å². The van der Waals surface area contributed by atoms with E-state index in [1.807, 2.05) is 38.1 Å². The number of anilines is 1. The number of aromatic nitrogens is 2. The lowest BCUT2D eigenvalue weighted by Gasteiger charge is -2.21. The predicted octanol–water partition coefficient (Wildman–Crippen LogP) is 2.98. The zero-order valence-corrected chi connectivity index (χ0v) is 17.2. The first kappa shape index (κ1) is 20.8. The van der Waals surface area contributed by atoms with Crippen LogP contribution in [-0.4, -0.2) is 41.2 Å². The Hall–Kier alpha value is -2.90. The SMILES string of the molecule is COC(=O)[C@@H](Nc1nc(CNC(=O)NC2CCCC2)nc2ccccc12)C(C)C. The minimum atomic E-state index is -0.537. The summed E-state index contributed by atoms with van der Waals surface area (Å²) in [6.45, 7) is 4.07. The van der Waals surface area contributed by atoms with Gasteiger partial charge in [0.1, 0.15) is 11.9 Å². The molecule has 1 fully saturated rings. The minimum absolute atomic E-state index is 0.00921. The standard InChI is InChI=1S/C21H29N5O3/c1-13(2)18(20(27)29-3)26-19-15-10-6-7-11-16(15)24-17(25-19)12-22-21(28)23-14-8-4-5-9-14/h6-7,10-11,13-14,18H,4-5,8-9,12H2,1-3H3,(H2,22,23,28)(H,24,25,26)/t18-/m0/s1. The summed E-state index contributed by atoms with van der Waals surface area (Å²) in [5.41, 5.74) is 0.741. The second-order valence-corrected chi connectivity index (χ2v) is 7.70. The maximum atomic E-state index is 12.2. The average Bonchev–Trinajstić information content (AvgIpc) is 3.22. The van der Waals surface area contributed by atoms with Crippen molar-refractivity contribution in [2.75, 3.05) is 12.4 Å². The summed E-state index contributed by atoms with van der Waals surface area (Å²) in [5, 5.41) is 9.83. The normalized spacial score (nSPS) is 15.3. The van der Waals surface area contributed by atoms with Crippen molar-refractivity contribution in [2.24, 2.45) is 5.92 Å². The number of benzene rings is 1. The molecule has 1 atom stereocenters. The van der Waals surface area contributed by atoms with E-state index >= 15 is 0 Å². The Morgan fingerprint density at radius 2 is 1.90 bits per heavy atom. The molecule has 0 bridgehead atoms. The Balaban J connectivity index is 1.78. The quantitative estimate of drug-likeness (QED) is 0.618. The van der Waals surface area contributed by atoms with Gasteiger partial charge in [-0.1, -0.05) is 38.8 Å². The molecular weight excluding hydrogens is 370 g/mol. The van der Waals surface area contributed by atoms with Crippen LogP contribution in [0.2, 0.25) is 0 Å². The van der Waals surface area contributed by atoms with Gasteiger partial charge in [0.15, 0.2) is 5.82 Å². The maximum absolute atomic E-state index is 12.2. The first-order chi connectivity index (χ1) is 14.0. The van der Waals surface area contributed by atoms with Crippen LogP contribution < -0.4 is 16.0 Å². The van der Waals surface area contributed by atoms with E-state index in [4.69, 9.17) is 4.74 Å². The van der Waals surface area contributed by atoms with Crippen molar-refractivity contribution < 1.29 is 14.3 Å². The molecule has 3 rings (SSSR count). The Bertz CT molecular complexity index is 865. The molecule has 0 saturated heterocycles. The van der Waals surface area contributed by atoms with Crippen molar-refractivity contribution in [1.29, 1.82) is 0 Å². The third-order valence-corrected chi connectivity index (χ3v) is 5.16. The molecule has 0 aliphatic heterocycles. The van der Waals surface area contributed by atoms with Crippen LogP contribution in [0.25, 0.3) is 10.9 Å². The Morgan fingerprint density at radius 3 is 2.59 bits per heavy atom. The van der Waals surface area contributed by atoms with Gasteiger partial charge in [0.05, 0.1) is 19.2 Å². The lowest BCUT2D eigenvalue weighted by molar-refractivity contribution is -0.142. The number of para-hydroxylation sites is 1. The fourth-order valence-corrected chi connectivity index (χ4v) is 3.55. The van der Waals surface area contributed by atoms with E-state index in [1.165, 1.54) is 7.11 Å². The van der Waals surface area contributed by atoms with Crippen LogP contribution in [0.15, 0.2) is 24.3 Å². The fraction of sp³-hybridized carbons (Fsp3) is 0.524. The monoisotopic (exact) mass is 399 g/mol. The predicted molar refractivity (Wildman–Crippen MR) is 111 cm³/mol. The van der Waals surface area contributed by atoms with E-state index in [1.54, 1.807) is 0 Å². The van der Waals surface area contributed by atoms with Gasteiger partial charge in [0.2, 0.25) is 0 Å². The average molecular weight is 399 g/mol. The van der Waals surface area contributed by atoms with Crippen LogP contribution >= 0.6 is 0 Å². The Kier molecular flexibility index (Phi) is 6.85. The van der Waals surface area contributed by atoms with Crippen LogP contribution in [0.4, 0.5) is 10.6 Å². The van der Waals surface area contributed by atoms with Crippen molar-refractivity contribution in [2.45, 2.75) is 58.2 Å². The summed E-state index contributed by atoms with van der Waals surface area (Å²) in [7, 11) is 1.37. The van der Waals surface area contributed by atoms with Gasteiger partial charge in [-0.3, -0.25) is 0 Å². The summed E-state index contributed by atoms with van der Waals surface area (Å²) in [5.74, 6) is 0.682. The highest BCUT2D eigenvalue weighted by Gasteiger charge is 2.24. The maximum Gasteiger partial charge on any atom is 0.328 e. The molecule has 0 unspecified atom stereocenters. The van der Waals surface area contributed by atoms with Crippen molar-refractivity contribution in [3.8, 4) is 0 Å². The van der Waals surface area contributed by atoms with Crippen molar-refractivity contribution in [3.63, 3.8) is 0 Å².